The lowest BCUT2D eigenvalue weighted by molar-refractivity contribution is 0.927. The van der Waals surface area contributed by atoms with Crippen molar-refractivity contribution < 1.29 is 0 Å². The number of fused-ring (bicyclic) bond motifs is 1. The van der Waals surface area contributed by atoms with Crippen LogP contribution in [-0.4, -0.2) is 15.0 Å². The van der Waals surface area contributed by atoms with Crippen LogP contribution in [-0.2, 0) is 0 Å². The second-order valence-corrected chi connectivity index (χ2v) is 17.6. The summed E-state index contributed by atoms with van der Waals surface area (Å²) in [5.41, 5.74) is 20.1. The number of anilines is 3. The maximum absolute atomic E-state index is 5.34. The molecule has 66 heavy (non-hydrogen) atoms. The van der Waals surface area contributed by atoms with Gasteiger partial charge in [0, 0.05) is 28.1 Å². The Balaban J connectivity index is 1.22. The summed E-state index contributed by atoms with van der Waals surface area (Å²) in [6, 6.07) is 71.3. The molecule has 0 N–H and O–H groups in total. The van der Waals surface area contributed by atoms with Gasteiger partial charge >= 0.3 is 0 Å². The SMILES string of the molecule is Cc1cc(C)c(C(c2c(C)cc(C)cc2C)c2ccc(N(c3ccc(-c4ccccc4-c4ccccc4)cc3)c3nc(-c4ccccc4)nc(-c4ccccc4)n3)c3ccccc23)c(C)c1. The maximum atomic E-state index is 5.34. The first-order chi connectivity index (χ1) is 32.2. The number of aryl methyl sites for hydroxylation is 6. The summed E-state index contributed by atoms with van der Waals surface area (Å²) >= 11 is 0. The highest BCUT2D eigenvalue weighted by atomic mass is 15.3. The van der Waals surface area contributed by atoms with Crippen molar-refractivity contribution in [3.05, 3.63) is 250 Å². The summed E-state index contributed by atoms with van der Waals surface area (Å²) in [6.07, 6.45) is 0. The van der Waals surface area contributed by atoms with E-state index in [9.17, 15) is 0 Å². The third-order valence-corrected chi connectivity index (χ3v) is 12.9. The van der Waals surface area contributed by atoms with Gasteiger partial charge in [-0.15, -0.1) is 0 Å². The van der Waals surface area contributed by atoms with Crippen LogP contribution in [0.4, 0.5) is 17.3 Å². The zero-order valence-electron chi connectivity index (χ0n) is 38.4. The van der Waals surface area contributed by atoms with E-state index in [1.165, 1.54) is 72.1 Å². The fraction of sp³-hybridized carbons (Fsp3) is 0.113. The van der Waals surface area contributed by atoms with E-state index in [1.54, 1.807) is 0 Å². The van der Waals surface area contributed by atoms with Crippen molar-refractivity contribution in [1.29, 1.82) is 0 Å². The van der Waals surface area contributed by atoms with E-state index < -0.39 is 0 Å². The molecule has 0 amide bonds. The van der Waals surface area contributed by atoms with Gasteiger partial charge in [0.15, 0.2) is 11.6 Å². The monoisotopic (exact) mass is 852 g/mol. The van der Waals surface area contributed by atoms with E-state index in [1.807, 2.05) is 36.4 Å². The number of hydrogen-bond donors (Lipinski definition) is 0. The number of aromatic nitrogens is 3. The van der Waals surface area contributed by atoms with Crippen LogP contribution in [0.3, 0.4) is 0 Å². The van der Waals surface area contributed by atoms with Crippen molar-refractivity contribution in [3.8, 4) is 45.0 Å². The van der Waals surface area contributed by atoms with Gasteiger partial charge in [0.25, 0.3) is 0 Å². The fourth-order valence-corrected chi connectivity index (χ4v) is 10.2. The minimum absolute atomic E-state index is 0.00546. The highest BCUT2D eigenvalue weighted by Gasteiger charge is 2.29. The zero-order chi connectivity index (χ0) is 45.3. The molecule has 0 atom stereocenters. The molecule has 9 aromatic carbocycles. The summed E-state index contributed by atoms with van der Waals surface area (Å²) in [4.78, 5) is 18.0. The first-order valence-corrected chi connectivity index (χ1v) is 22.8. The van der Waals surface area contributed by atoms with Gasteiger partial charge in [-0.3, -0.25) is 4.90 Å². The predicted molar refractivity (Wildman–Crippen MR) is 276 cm³/mol. The Morgan fingerprint density at radius 3 is 1.26 bits per heavy atom. The Morgan fingerprint density at radius 1 is 0.364 bits per heavy atom. The van der Waals surface area contributed by atoms with Gasteiger partial charge in [-0.1, -0.05) is 193 Å². The summed E-state index contributed by atoms with van der Waals surface area (Å²) in [5, 5.41) is 2.28. The molecular weight excluding hydrogens is 801 g/mol. The van der Waals surface area contributed by atoms with Crippen molar-refractivity contribution in [2.45, 2.75) is 47.5 Å². The Hall–Kier alpha value is -7.95. The van der Waals surface area contributed by atoms with Gasteiger partial charge in [-0.2, -0.15) is 9.97 Å². The van der Waals surface area contributed by atoms with Crippen LogP contribution in [0.15, 0.2) is 200 Å². The average molecular weight is 853 g/mol. The lowest BCUT2D eigenvalue weighted by Crippen LogP contribution is -2.17. The molecule has 10 rings (SSSR count). The fourth-order valence-electron chi connectivity index (χ4n) is 10.2. The third-order valence-electron chi connectivity index (χ3n) is 12.9. The van der Waals surface area contributed by atoms with Crippen LogP contribution in [0.25, 0.3) is 55.8 Å². The molecule has 0 unspecified atom stereocenters. The van der Waals surface area contributed by atoms with E-state index in [0.29, 0.717) is 17.6 Å². The number of hydrogen-bond acceptors (Lipinski definition) is 4. The standard InChI is InChI=1S/C62H52N4/c1-40-36-42(3)57(43(4)37-40)59(58-44(5)38-41(2)39-45(58)6)55-34-35-56(54-29-19-18-28-53(54)55)66(50-32-30-47(31-33-50)52-27-17-16-26-51(52)46-20-10-7-11-21-46)62-64-60(48-22-12-8-13-23-48)63-61(65-62)49-24-14-9-15-25-49/h7-39,59H,1-6H3. The smallest absolute Gasteiger partial charge is 0.238 e. The highest BCUT2D eigenvalue weighted by Crippen LogP contribution is 2.46. The third kappa shape index (κ3) is 8.07. The molecule has 10 aromatic rings. The molecule has 0 saturated heterocycles. The summed E-state index contributed by atoms with van der Waals surface area (Å²) < 4.78 is 0. The highest BCUT2D eigenvalue weighted by molar-refractivity contribution is 6.01. The van der Waals surface area contributed by atoms with Crippen molar-refractivity contribution in [2.24, 2.45) is 0 Å². The van der Waals surface area contributed by atoms with Crippen LogP contribution in [0.5, 0.6) is 0 Å². The first-order valence-electron chi connectivity index (χ1n) is 22.8. The van der Waals surface area contributed by atoms with Gasteiger partial charge in [0.1, 0.15) is 0 Å². The molecule has 0 fully saturated rings. The van der Waals surface area contributed by atoms with Crippen molar-refractivity contribution >= 4 is 28.1 Å². The molecule has 0 spiro atoms. The summed E-state index contributed by atoms with van der Waals surface area (Å²) in [7, 11) is 0. The van der Waals surface area contributed by atoms with Gasteiger partial charge in [-0.05, 0) is 126 Å². The van der Waals surface area contributed by atoms with Gasteiger partial charge in [0.2, 0.25) is 5.95 Å². The predicted octanol–water partition coefficient (Wildman–Crippen LogP) is 16.2. The normalized spacial score (nSPS) is 11.3. The van der Waals surface area contributed by atoms with E-state index in [4.69, 9.17) is 15.0 Å². The van der Waals surface area contributed by atoms with Crippen LogP contribution < -0.4 is 4.90 Å². The zero-order valence-corrected chi connectivity index (χ0v) is 38.4. The lowest BCUT2D eigenvalue weighted by atomic mass is 9.75. The Morgan fingerprint density at radius 2 is 0.773 bits per heavy atom. The number of nitrogens with zero attached hydrogens (tertiary/aromatic N) is 4. The molecule has 0 aliphatic heterocycles. The summed E-state index contributed by atoms with van der Waals surface area (Å²) in [5.74, 6) is 1.74. The minimum Gasteiger partial charge on any atom is -0.278 e. The summed E-state index contributed by atoms with van der Waals surface area (Å²) in [6.45, 7) is 13.5. The van der Waals surface area contributed by atoms with Crippen LogP contribution in [0.1, 0.15) is 56.0 Å². The lowest BCUT2D eigenvalue weighted by Gasteiger charge is -2.30. The van der Waals surface area contributed by atoms with Crippen LogP contribution in [0.2, 0.25) is 0 Å². The topological polar surface area (TPSA) is 41.9 Å². The molecule has 320 valence electrons. The van der Waals surface area contributed by atoms with Crippen molar-refractivity contribution in [2.75, 3.05) is 4.90 Å². The van der Waals surface area contributed by atoms with Crippen LogP contribution >= 0.6 is 0 Å². The van der Waals surface area contributed by atoms with E-state index >= 15 is 0 Å². The molecule has 4 heteroatoms. The molecule has 0 aliphatic carbocycles. The Bertz CT molecular complexity index is 3200. The second kappa shape index (κ2) is 17.9. The number of benzene rings is 9. The molecule has 0 bridgehead atoms. The largest absolute Gasteiger partial charge is 0.278 e. The number of rotatable bonds is 10. The van der Waals surface area contributed by atoms with Gasteiger partial charge in [-0.25, -0.2) is 4.98 Å². The van der Waals surface area contributed by atoms with Crippen molar-refractivity contribution in [1.82, 2.24) is 15.0 Å². The molecule has 4 nitrogen and oxygen atoms in total. The van der Waals surface area contributed by atoms with E-state index in [-0.39, 0.29) is 5.92 Å². The molecule has 0 aliphatic rings. The average Bonchev–Trinajstić information content (AvgIpc) is 3.34. The molecule has 1 heterocycles. The molecule has 0 saturated carbocycles. The molecule has 1 aromatic heterocycles. The molecular formula is C62H52N4. The Kier molecular flexibility index (Phi) is 11.4. The molecule has 0 radical (unpaired) electrons. The van der Waals surface area contributed by atoms with Crippen LogP contribution in [0, 0.1) is 41.5 Å². The van der Waals surface area contributed by atoms with Gasteiger partial charge < -0.3 is 0 Å². The minimum atomic E-state index is -0.00546. The Labute approximate surface area is 389 Å². The van der Waals surface area contributed by atoms with E-state index in [0.717, 1.165) is 33.5 Å². The maximum Gasteiger partial charge on any atom is 0.238 e. The first kappa shape index (κ1) is 42.0. The van der Waals surface area contributed by atoms with Gasteiger partial charge in [0.05, 0.1) is 5.69 Å². The second-order valence-electron chi connectivity index (χ2n) is 17.6. The van der Waals surface area contributed by atoms with E-state index in [2.05, 4.69) is 210 Å². The quantitative estimate of drug-likeness (QED) is 0.129. The van der Waals surface area contributed by atoms with Crippen molar-refractivity contribution in [3.63, 3.8) is 0 Å².